The summed E-state index contributed by atoms with van der Waals surface area (Å²) in [5, 5.41) is 3.08. The molecule has 1 saturated carbocycles. The molecule has 2 rings (SSSR count). The number of benzene rings is 1. The van der Waals surface area contributed by atoms with Crippen LogP contribution < -0.4 is 14.8 Å². The largest absolute Gasteiger partial charge is 0.497 e. The lowest BCUT2D eigenvalue weighted by atomic mass is 10.1. The van der Waals surface area contributed by atoms with Crippen LogP contribution in [0.3, 0.4) is 0 Å². The molecule has 1 N–H and O–H groups in total. The normalized spacial score (nSPS) is 15.3. The second kappa shape index (κ2) is 6.45. The van der Waals surface area contributed by atoms with Gasteiger partial charge in [0.1, 0.15) is 11.5 Å². The molecule has 1 aliphatic carbocycles. The van der Waals surface area contributed by atoms with Gasteiger partial charge in [-0.2, -0.15) is 0 Å². The third-order valence-electron chi connectivity index (χ3n) is 3.56. The van der Waals surface area contributed by atoms with Crippen molar-refractivity contribution in [3.63, 3.8) is 0 Å². The SMILES string of the molecule is COc1ccc(OC)c(CC(=O)NC2CCCC2)c1. The summed E-state index contributed by atoms with van der Waals surface area (Å²) in [6, 6.07) is 5.87. The topological polar surface area (TPSA) is 47.6 Å². The Morgan fingerprint density at radius 2 is 2.00 bits per heavy atom. The predicted molar refractivity (Wildman–Crippen MR) is 73.6 cm³/mol. The molecule has 104 valence electrons. The van der Waals surface area contributed by atoms with Gasteiger partial charge in [0.15, 0.2) is 0 Å². The van der Waals surface area contributed by atoms with Crippen molar-refractivity contribution >= 4 is 5.91 Å². The average molecular weight is 263 g/mol. The first-order valence-corrected chi connectivity index (χ1v) is 6.73. The first kappa shape index (κ1) is 13.7. The highest BCUT2D eigenvalue weighted by Crippen LogP contribution is 2.24. The van der Waals surface area contributed by atoms with E-state index < -0.39 is 0 Å². The zero-order chi connectivity index (χ0) is 13.7. The number of rotatable bonds is 5. The molecule has 1 aromatic rings. The minimum atomic E-state index is 0.0541. The highest BCUT2D eigenvalue weighted by atomic mass is 16.5. The van der Waals surface area contributed by atoms with Crippen molar-refractivity contribution < 1.29 is 14.3 Å². The molecule has 0 saturated heterocycles. The van der Waals surface area contributed by atoms with Gasteiger partial charge in [0, 0.05) is 11.6 Å². The van der Waals surface area contributed by atoms with Gasteiger partial charge in [-0.1, -0.05) is 12.8 Å². The number of carbonyl (C=O) groups is 1. The van der Waals surface area contributed by atoms with E-state index in [0.29, 0.717) is 12.5 Å². The van der Waals surface area contributed by atoms with Gasteiger partial charge in [-0.05, 0) is 31.0 Å². The van der Waals surface area contributed by atoms with Gasteiger partial charge in [-0.15, -0.1) is 0 Å². The maximum Gasteiger partial charge on any atom is 0.224 e. The summed E-state index contributed by atoms with van der Waals surface area (Å²) < 4.78 is 10.5. The van der Waals surface area contributed by atoms with E-state index in [1.165, 1.54) is 12.8 Å². The average Bonchev–Trinajstić information content (AvgIpc) is 2.91. The molecular weight excluding hydrogens is 242 g/mol. The lowest BCUT2D eigenvalue weighted by Crippen LogP contribution is -2.33. The van der Waals surface area contributed by atoms with E-state index in [4.69, 9.17) is 9.47 Å². The van der Waals surface area contributed by atoms with Gasteiger partial charge >= 0.3 is 0 Å². The fourth-order valence-electron chi connectivity index (χ4n) is 2.54. The van der Waals surface area contributed by atoms with Crippen molar-refractivity contribution in [2.24, 2.45) is 0 Å². The van der Waals surface area contributed by atoms with Gasteiger partial charge in [0.05, 0.1) is 20.6 Å². The van der Waals surface area contributed by atoms with Gasteiger partial charge in [-0.25, -0.2) is 0 Å². The summed E-state index contributed by atoms with van der Waals surface area (Å²) in [5.74, 6) is 1.52. The quantitative estimate of drug-likeness (QED) is 0.886. The Bertz CT molecular complexity index is 439. The van der Waals surface area contributed by atoms with Gasteiger partial charge in [0.2, 0.25) is 5.91 Å². The molecular formula is C15H21NO3. The second-order valence-corrected chi connectivity index (χ2v) is 4.90. The minimum Gasteiger partial charge on any atom is -0.497 e. The summed E-state index contributed by atoms with van der Waals surface area (Å²) in [6.07, 6.45) is 4.96. The Kier molecular flexibility index (Phi) is 4.66. The molecule has 1 fully saturated rings. The number of methoxy groups -OCH3 is 2. The third-order valence-corrected chi connectivity index (χ3v) is 3.56. The summed E-state index contributed by atoms with van der Waals surface area (Å²) in [6.45, 7) is 0. The van der Waals surface area contributed by atoms with E-state index >= 15 is 0 Å². The molecule has 1 aromatic carbocycles. The number of carbonyl (C=O) groups excluding carboxylic acids is 1. The fraction of sp³-hybridized carbons (Fsp3) is 0.533. The first-order valence-electron chi connectivity index (χ1n) is 6.73. The maximum atomic E-state index is 12.0. The number of nitrogens with one attached hydrogen (secondary N) is 1. The zero-order valence-corrected chi connectivity index (χ0v) is 11.6. The number of amides is 1. The van der Waals surface area contributed by atoms with Crippen molar-refractivity contribution in [1.29, 1.82) is 0 Å². The molecule has 1 amide bonds. The van der Waals surface area contributed by atoms with Crippen molar-refractivity contribution in [3.05, 3.63) is 23.8 Å². The zero-order valence-electron chi connectivity index (χ0n) is 11.6. The van der Waals surface area contributed by atoms with Crippen molar-refractivity contribution in [2.75, 3.05) is 14.2 Å². The van der Waals surface area contributed by atoms with E-state index in [-0.39, 0.29) is 5.91 Å². The number of hydrogen-bond donors (Lipinski definition) is 1. The van der Waals surface area contributed by atoms with E-state index in [1.54, 1.807) is 14.2 Å². The fourth-order valence-corrected chi connectivity index (χ4v) is 2.54. The molecule has 0 unspecified atom stereocenters. The summed E-state index contributed by atoms with van der Waals surface area (Å²) in [5.41, 5.74) is 0.859. The van der Waals surface area contributed by atoms with Crippen LogP contribution in [0.25, 0.3) is 0 Å². The van der Waals surface area contributed by atoms with Crippen LogP contribution in [-0.4, -0.2) is 26.2 Å². The van der Waals surface area contributed by atoms with Crippen LogP contribution in [0, 0.1) is 0 Å². The van der Waals surface area contributed by atoms with Gasteiger partial charge in [-0.3, -0.25) is 4.79 Å². The molecule has 1 aliphatic rings. The standard InChI is InChI=1S/C15H21NO3/c1-18-13-7-8-14(19-2)11(9-13)10-15(17)16-12-5-3-4-6-12/h7-9,12H,3-6,10H2,1-2H3,(H,16,17). The maximum absolute atomic E-state index is 12.0. The van der Waals surface area contributed by atoms with Crippen molar-refractivity contribution in [1.82, 2.24) is 5.32 Å². The Balaban J connectivity index is 2.01. The highest BCUT2D eigenvalue weighted by molar-refractivity contribution is 5.79. The molecule has 0 radical (unpaired) electrons. The monoisotopic (exact) mass is 263 g/mol. The van der Waals surface area contributed by atoms with Gasteiger partial charge in [0.25, 0.3) is 0 Å². The molecule has 0 aliphatic heterocycles. The van der Waals surface area contributed by atoms with Crippen LogP contribution in [0.1, 0.15) is 31.2 Å². The van der Waals surface area contributed by atoms with E-state index in [0.717, 1.165) is 29.9 Å². The Labute approximate surface area is 114 Å². The lowest BCUT2D eigenvalue weighted by molar-refractivity contribution is -0.121. The number of ether oxygens (including phenoxy) is 2. The van der Waals surface area contributed by atoms with Crippen LogP contribution in [0.4, 0.5) is 0 Å². The van der Waals surface area contributed by atoms with Crippen LogP contribution in [-0.2, 0) is 11.2 Å². The molecule has 4 heteroatoms. The Hall–Kier alpha value is -1.71. The van der Waals surface area contributed by atoms with Crippen molar-refractivity contribution in [3.8, 4) is 11.5 Å². The lowest BCUT2D eigenvalue weighted by Gasteiger charge is -2.14. The molecule has 4 nitrogen and oxygen atoms in total. The van der Waals surface area contributed by atoms with Crippen LogP contribution in [0.5, 0.6) is 11.5 Å². The first-order chi connectivity index (χ1) is 9.22. The minimum absolute atomic E-state index is 0.0541. The van der Waals surface area contributed by atoms with Crippen LogP contribution >= 0.6 is 0 Å². The molecule has 0 aromatic heterocycles. The van der Waals surface area contributed by atoms with Crippen molar-refractivity contribution in [2.45, 2.75) is 38.1 Å². The Morgan fingerprint density at radius 1 is 1.26 bits per heavy atom. The third kappa shape index (κ3) is 3.63. The highest BCUT2D eigenvalue weighted by Gasteiger charge is 2.18. The van der Waals surface area contributed by atoms with Crippen LogP contribution in [0.15, 0.2) is 18.2 Å². The molecule has 0 spiro atoms. The second-order valence-electron chi connectivity index (χ2n) is 4.90. The summed E-state index contributed by atoms with van der Waals surface area (Å²) >= 11 is 0. The summed E-state index contributed by atoms with van der Waals surface area (Å²) in [7, 11) is 3.23. The Morgan fingerprint density at radius 3 is 2.63 bits per heavy atom. The van der Waals surface area contributed by atoms with E-state index in [1.807, 2.05) is 18.2 Å². The van der Waals surface area contributed by atoms with E-state index in [2.05, 4.69) is 5.32 Å². The van der Waals surface area contributed by atoms with Crippen LogP contribution in [0.2, 0.25) is 0 Å². The molecule has 0 atom stereocenters. The molecule has 19 heavy (non-hydrogen) atoms. The van der Waals surface area contributed by atoms with E-state index in [9.17, 15) is 4.79 Å². The molecule has 0 bridgehead atoms. The van der Waals surface area contributed by atoms with Gasteiger partial charge < -0.3 is 14.8 Å². The summed E-state index contributed by atoms with van der Waals surface area (Å²) in [4.78, 5) is 12.0. The number of hydrogen-bond acceptors (Lipinski definition) is 3. The molecule has 0 heterocycles. The smallest absolute Gasteiger partial charge is 0.224 e. The predicted octanol–water partition coefficient (Wildman–Crippen LogP) is 2.31.